The van der Waals surface area contributed by atoms with Crippen LogP contribution in [-0.4, -0.2) is 4.68 Å². The van der Waals surface area contributed by atoms with Crippen molar-refractivity contribution in [2.24, 2.45) is 14.1 Å². The zero-order chi connectivity index (χ0) is 8.72. The fourth-order valence-corrected chi connectivity index (χ4v) is 1.97. The molecule has 0 radical (unpaired) electrons. The number of rotatable bonds is 0. The van der Waals surface area contributed by atoms with Gasteiger partial charge in [-0.2, -0.15) is 0 Å². The highest BCUT2D eigenvalue weighted by Gasteiger charge is 2.14. The third kappa shape index (κ3) is 0.894. The van der Waals surface area contributed by atoms with E-state index in [0.717, 1.165) is 4.60 Å². The van der Waals surface area contributed by atoms with Crippen molar-refractivity contribution >= 4 is 26.8 Å². The Bertz CT molecular complexity index is 392. The molecule has 0 atom stereocenters. The Balaban J connectivity index is 2.99. The lowest BCUT2D eigenvalue weighted by atomic mass is 10.3. The van der Waals surface area contributed by atoms with E-state index in [-0.39, 0.29) is 0 Å². The van der Waals surface area contributed by atoms with E-state index in [4.69, 9.17) is 0 Å². The smallest absolute Gasteiger partial charge is 0.149 e. The van der Waals surface area contributed by atoms with Crippen LogP contribution in [0.1, 0.15) is 0 Å². The molecule has 0 aliphatic carbocycles. The highest BCUT2D eigenvalue weighted by Crippen LogP contribution is 2.20. The molecule has 2 nitrogen and oxygen atoms in total. The Morgan fingerprint density at radius 3 is 2.67 bits per heavy atom. The Hall–Kier alpha value is -0.830. The quantitative estimate of drug-likeness (QED) is 0.605. The topological polar surface area (TPSA) is 8.81 Å². The molecule has 0 saturated heterocycles. The van der Waals surface area contributed by atoms with E-state index in [1.807, 2.05) is 20.2 Å². The number of aromatic nitrogens is 2. The van der Waals surface area contributed by atoms with Crippen molar-refractivity contribution in [1.29, 1.82) is 0 Å². The van der Waals surface area contributed by atoms with E-state index in [2.05, 4.69) is 43.5 Å². The monoisotopic (exact) mass is 225 g/mol. The second-order valence-electron chi connectivity index (χ2n) is 2.86. The summed E-state index contributed by atoms with van der Waals surface area (Å²) in [5, 5.41) is 1.25. The predicted octanol–water partition coefficient (Wildman–Crippen LogP) is 1.77. The van der Waals surface area contributed by atoms with Crippen LogP contribution in [0.2, 0.25) is 0 Å². The van der Waals surface area contributed by atoms with Crippen LogP contribution in [0.15, 0.2) is 28.9 Å². The summed E-state index contributed by atoms with van der Waals surface area (Å²) < 4.78 is 5.31. The third-order valence-electron chi connectivity index (χ3n) is 2.21. The van der Waals surface area contributed by atoms with Crippen molar-refractivity contribution < 1.29 is 4.68 Å². The molecule has 2 aromatic rings. The van der Waals surface area contributed by atoms with Gasteiger partial charge in [-0.05, 0) is 22.0 Å². The van der Waals surface area contributed by atoms with Gasteiger partial charge in [-0.1, -0.05) is 12.1 Å². The molecular weight excluding hydrogens is 216 g/mol. The van der Waals surface area contributed by atoms with Crippen LogP contribution in [-0.2, 0) is 14.1 Å². The van der Waals surface area contributed by atoms with Crippen LogP contribution in [0.3, 0.4) is 0 Å². The normalized spacial score (nSPS) is 10.9. The van der Waals surface area contributed by atoms with Gasteiger partial charge in [-0.3, -0.25) is 0 Å². The first-order valence-corrected chi connectivity index (χ1v) is 4.60. The van der Waals surface area contributed by atoms with Crippen molar-refractivity contribution in [2.45, 2.75) is 0 Å². The molecule has 0 amide bonds. The molecule has 0 unspecified atom stereocenters. The third-order valence-corrected chi connectivity index (χ3v) is 3.15. The largest absolute Gasteiger partial charge is 0.239 e. The number of aryl methyl sites for hydroxylation is 1. The number of hydrogen-bond acceptors (Lipinski definition) is 0. The van der Waals surface area contributed by atoms with Gasteiger partial charge >= 0.3 is 0 Å². The molecule has 0 spiro atoms. The van der Waals surface area contributed by atoms with Crippen LogP contribution in [0, 0.1) is 0 Å². The van der Waals surface area contributed by atoms with Gasteiger partial charge in [0.05, 0.1) is 12.4 Å². The number of fused-ring (bicyclic) bond motifs is 1. The van der Waals surface area contributed by atoms with Gasteiger partial charge in [0.15, 0.2) is 11.7 Å². The van der Waals surface area contributed by atoms with E-state index < -0.39 is 0 Å². The first-order chi connectivity index (χ1) is 5.72. The minimum absolute atomic E-state index is 1.13. The maximum atomic E-state index is 3.54. The maximum absolute atomic E-state index is 3.54. The molecule has 0 fully saturated rings. The highest BCUT2D eigenvalue weighted by molar-refractivity contribution is 9.10. The van der Waals surface area contributed by atoms with Gasteiger partial charge in [-0.25, -0.2) is 0 Å². The molecule has 0 aliphatic rings. The average molecular weight is 226 g/mol. The van der Waals surface area contributed by atoms with Crippen molar-refractivity contribution in [3.63, 3.8) is 0 Å². The van der Waals surface area contributed by atoms with Gasteiger partial charge in [0, 0.05) is 6.07 Å². The minimum Gasteiger partial charge on any atom is -0.149 e. The van der Waals surface area contributed by atoms with Gasteiger partial charge < -0.3 is 0 Å². The number of nitrogens with zero attached hydrogens (tertiary/aromatic N) is 2. The van der Waals surface area contributed by atoms with Crippen LogP contribution in [0.4, 0.5) is 0 Å². The Morgan fingerprint density at radius 2 is 2.00 bits per heavy atom. The SMILES string of the molecule is Cn1c(Br)c2ccccc2[n+]1C. The van der Waals surface area contributed by atoms with Gasteiger partial charge in [-0.15, -0.1) is 9.36 Å². The van der Waals surface area contributed by atoms with E-state index in [1.165, 1.54) is 10.9 Å². The number of benzene rings is 1. The lowest BCUT2D eigenvalue weighted by molar-refractivity contribution is -0.729. The van der Waals surface area contributed by atoms with Gasteiger partial charge in [0.1, 0.15) is 0 Å². The van der Waals surface area contributed by atoms with Crippen molar-refractivity contribution in [3.8, 4) is 0 Å². The average Bonchev–Trinajstić information content (AvgIpc) is 2.33. The molecule has 1 aromatic heterocycles. The molecule has 0 saturated carbocycles. The van der Waals surface area contributed by atoms with Crippen LogP contribution >= 0.6 is 15.9 Å². The molecule has 3 heteroatoms. The molecular formula is C9H10BrN2+. The second-order valence-corrected chi connectivity index (χ2v) is 3.61. The summed E-state index contributed by atoms with van der Waals surface area (Å²) in [6.45, 7) is 0. The molecule has 0 bridgehead atoms. The summed E-state index contributed by atoms with van der Waals surface area (Å²) in [4.78, 5) is 0. The van der Waals surface area contributed by atoms with Crippen LogP contribution < -0.4 is 4.68 Å². The van der Waals surface area contributed by atoms with E-state index in [9.17, 15) is 0 Å². The van der Waals surface area contributed by atoms with Crippen molar-refractivity contribution in [3.05, 3.63) is 28.9 Å². The first-order valence-electron chi connectivity index (χ1n) is 3.81. The minimum atomic E-state index is 1.13. The lowest BCUT2D eigenvalue weighted by Crippen LogP contribution is -2.37. The summed E-state index contributed by atoms with van der Waals surface area (Å²) in [5.41, 5.74) is 1.24. The van der Waals surface area contributed by atoms with Gasteiger partial charge in [0.2, 0.25) is 5.52 Å². The van der Waals surface area contributed by atoms with Crippen molar-refractivity contribution in [2.75, 3.05) is 0 Å². The first kappa shape index (κ1) is 7.80. The fourth-order valence-electron chi connectivity index (χ4n) is 1.40. The highest BCUT2D eigenvalue weighted by atomic mass is 79.9. The fraction of sp³-hybridized carbons (Fsp3) is 0.222. The Morgan fingerprint density at radius 1 is 1.33 bits per heavy atom. The summed E-state index contributed by atoms with van der Waals surface area (Å²) in [6.07, 6.45) is 0. The zero-order valence-electron chi connectivity index (χ0n) is 7.08. The molecule has 0 aliphatic heterocycles. The molecule has 1 heterocycles. The van der Waals surface area contributed by atoms with Crippen LogP contribution in [0.25, 0.3) is 10.9 Å². The number of hydrogen-bond donors (Lipinski definition) is 0. The maximum Gasteiger partial charge on any atom is 0.239 e. The molecule has 1 aromatic carbocycles. The van der Waals surface area contributed by atoms with Crippen LogP contribution in [0.5, 0.6) is 0 Å². The molecule has 62 valence electrons. The van der Waals surface area contributed by atoms with Gasteiger partial charge in [0.25, 0.3) is 0 Å². The van der Waals surface area contributed by atoms with E-state index in [0.29, 0.717) is 0 Å². The zero-order valence-corrected chi connectivity index (χ0v) is 8.67. The van der Waals surface area contributed by atoms with Crippen molar-refractivity contribution in [1.82, 2.24) is 4.68 Å². The standard InChI is InChI=1S/C9H10BrN2/c1-11-8-6-4-3-5-7(8)9(10)12(11)2/h3-6H,1-2H3/q+1. The molecule has 2 rings (SSSR count). The van der Waals surface area contributed by atoms with E-state index in [1.54, 1.807) is 0 Å². The van der Waals surface area contributed by atoms with E-state index >= 15 is 0 Å². The summed E-state index contributed by atoms with van der Waals surface area (Å²) in [5.74, 6) is 0. The number of para-hydroxylation sites is 1. The molecule has 12 heavy (non-hydrogen) atoms. The lowest BCUT2D eigenvalue weighted by Gasteiger charge is -1.88. The molecule has 0 N–H and O–H groups in total. The summed E-state index contributed by atoms with van der Waals surface area (Å²) in [6, 6.07) is 8.32. The summed E-state index contributed by atoms with van der Waals surface area (Å²) in [7, 11) is 4.08. The second kappa shape index (κ2) is 2.59. The predicted molar refractivity (Wildman–Crippen MR) is 51.8 cm³/mol. The number of halogens is 1. The Labute approximate surface area is 79.5 Å². The Kier molecular flexibility index (Phi) is 1.68. The summed E-state index contributed by atoms with van der Waals surface area (Å²) >= 11 is 3.54.